The Labute approximate surface area is 168 Å². The van der Waals surface area contributed by atoms with Gasteiger partial charge in [0, 0.05) is 23.5 Å². The molecule has 0 spiro atoms. The molecule has 28 heavy (non-hydrogen) atoms. The van der Waals surface area contributed by atoms with E-state index in [4.69, 9.17) is 4.74 Å². The number of hydrogen-bond acceptors (Lipinski definition) is 5. The van der Waals surface area contributed by atoms with Gasteiger partial charge in [0.2, 0.25) is 0 Å². The molecule has 154 valence electrons. The fourth-order valence-electron chi connectivity index (χ4n) is 2.63. The molecule has 1 unspecified atom stereocenters. The number of benzene rings is 1. The highest BCUT2D eigenvalue weighted by atomic mass is 79.9. The van der Waals surface area contributed by atoms with Crippen LogP contribution >= 0.6 is 15.9 Å². The minimum absolute atomic E-state index is 0.229. The molecule has 8 nitrogen and oxygen atoms in total. The second-order valence-corrected chi connectivity index (χ2v) is 8.30. The average Bonchev–Trinajstić information content (AvgIpc) is 2.54. The Morgan fingerprint density at radius 2 is 2.04 bits per heavy atom. The highest BCUT2D eigenvalue weighted by Crippen LogP contribution is 2.30. The monoisotopic (exact) mass is 463 g/mol. The molecule has 1 aliphatic rings. The molecule has 11 heteroatoms. The van der Waals surface area contributed by atoms with Crippen molar-refractivity contribution in [2.24, 2.45) is 0 Å². The molecular weight excluding hydrogens is 444 g/mol. The first-order valence-electron chi connectivity index (χ1n) is 8.41. The molecule has 1 atom stereocenters. The molecule has 0 radical (unpaired) electrons. The molecule has 1 heterocycles. The summed E-state index contributed by atoms with van der Waals surface area (Å²) in [5.41, 5.74) is -1.67. The number of halogens is 3. The van der Waals surface area contributed by atoms with Gasteiger partial charge in [-0.25, -0.2) is 13.6 Å². The number of carbonyl (C=O) groups is 2. The summed E-state index contributed by atoms with van der Waals surface area (Å²) in [5, 5.41) is 13.3. The minimum atomic E-state index is -3.28. The van der Waals surface area contributed by atoms with Crippen LogP contribution in [0.3, 0.4) is 0 Å². The number of likely N-dealkylation sites (tertiary alicyclic amines) is 1. The number of piperidine rings is 1. The van der Waals surface area contributed by atoms with Crippen molar-refractivity contribution in [3.8, 4) is 0 Å². The van der Waals surface area contributed by atoms with Gasteiger partial charge >= 0.3 is 6.09 Å². The largest absolute Gasteiger partial charge is 0.444 e. The molecule has 2 rings (SSSR count). The van der Waals surface area contributed by atoms with Crippen molar-refractivity contribution in [3.05, 3.63) is 38.3 Å². The van der Waals surface area contributed by atoms with Crippen LogP contribution < -0.4 is 5.32 Å². The van der Waals surface area contributed by atoms with E-state index in [9.17, 15) is 28.5 Å². The quantitative estimate of drug-likeness (QED) is 0.543. The van der Waals surface area contributed by atoms with Gasteiger partial charge in [-0.3, -0.25) is 14.9 Å². The summed E-state index contributed by atoms with van der Waals surface area (Å²) in [6, 6.07) is 1.98. The zero-order valence-electron chi connectivity index (χ0n) is 15.5. The zero-order valence-corrected chi connectivity index (χ0v) is 17.1. The lowest BCUT2D eigenvalue weighted by atomic mass is 10.0. The molecule has 0 aliphatic carbocycles. The number of nitro benzene ring substituents is 1. The fraction of sp³-hybridized carbons (Fsp3) is 0.529. The topological polar surface area (TPSA) is 102 Å². The van der Waals surface area contributed by atoms with E-state index >= 15 is 0 Å². The maximum atomic E-state index is 14.3. The van der Waals surface area contributed by atoms with E-state index in [2.05, 4.69) is 21.2 Å². The van der Waals surface area contributed by atoms with Crippen LogP contribution in [-0.4, -0.2) is 52.5 Å². The van der Waals surface area contributed by atoms with Crippen molar-refractivity contribution < 1.29 is 28.0 Å². The first kappa shape index (κ1) is 22.0. The van der Waals surface area contributed by atoms with Crippen molar-refractivity contribution in [1.29, 1.82) is 0 Å². The predicted octanol–water partition coefficient (Wildman–Crippen LogP) is 3.73. The van der Waals surface area contributed by atoms with E-state index in [-0.39, 0.29) is 12.1 Å². The van der Waals surface area contributed by atoms with Crippen LogP contribution in [0.4, 0.5) is 19.3 Å². The molecule has 0 aromatic heterocycles. The second-order valence-electron chi connectivity index (χ2n) is 7.38. The zero-order chi connectivity index (χ0) is 21.3. The number of nitrogens with zero attached hydrogens (tertiary/aromatic N) is 2. The van der Waals surface area contributed by atoms with Crippen molar-refractivity contribution >= 4 is 33.6 Å². The summed E-state index contributed by atoms with van der Waals surface area (Å²) in [6.45, 7) is 4.24. The molecule has 0 saturated carbocycles. The van der Waals surface area contributed by atoms with Gasteiger partial charge in [-0.05, 0) is 32.9 Å². The van der Waals surface area contributed by atoms with E-state index < -0.39 is 53.1 Å². The number of nitrogens with one attached hydrogen (secondary N) is 1. The van der Waals surface area contributed by atoms with Crippen LogP contribution in [0.15, 0.2) is 22.7 Å². The van der Waals surface area contributed by atoms with E-state index in [1.165, 1.54) is 12.1 Å². The SMILES string of the molecule is CC(C)(C)OC(=O)N1CCC(F)(F)C(NC(=O)c2ccc(Br)cc2[N+](=O)[O-])C1. The predicted molar refractivity (Wildman–Crippen MR) is 99.4 cm³/mol. The van der Waals surface area contributed by atoms with Crippen LogP contribution in [0.25, 0.3) is 0 Å². The molecule has 1 saturated heterocycles. The van der Waals surface area contributed by atoms with Crippen molar-refractivity contribution in [2.75, 3.05) is 13.1 Å². The molecule has 0 bridgehead atoms. The van der Waals surface area contributed by atoms with Gasteiger partial charge in [-0.1, -0.05) is 15.9 Å². The Balaban J connectivity index is 2.19. The third kappa shape index (κ3) is 5.37. The Morgan fingerprint density at radius 1 is 1.39 bits per heavy atom. The first-order chi connectivity index (χ1) is 12.8. The number of nitro groups is 1. The number of rotatable bonds is 3. The molecule has 2 amide bonds. The standard InChI is InChI=1S/C17H20BrF2N3O5/c1-16(2,3)28-15(25)22-7-6-17(19,20)13(9-22)21-14(24)11-5-4-10(18)8-12(11)23(26)27/h4-5,8,13H,6-7,9H2,1-3H3,(H,21,24). The van der Waals surface area contributed by atoms with Gasteiger partial charge in [0.25, 0.3) is 17.5 Å². The Hall–Kier alpha value is -2.30. The Kier molecular flexibility index (Phi) is 6.27. The fourth-order valence-corrected chi connectivity index (χ4v) is 2.98. The van der Waals surface area contributed by atoms with E-state index in [0.29, 0.717) is 4.47 Å². The van der Waals surface area contributed by atoms with Crippen molar-refractivity contribution in [1.82, 2.24) is 10.2 Å². The highest BCUT2D eigenvalue weighted by Gasteiger charge is 2.47. The van der Waals surface area contributed by atoms with Gasteiger partial charge in [-0.2, -0.15) is 0 Å². The maximum Gasteiger partial charge on any atom is 0.410 e. The Bertz CT molecular complexity index is 797. The minimum Gasteiger partial charge on any atom is -0.444 e. The molecular formula is C17H20BrF2N3O5. The third-order valence-corrected chi connectivity index (χ3v) is 4.48. The molecule has 1 N–H and O–H groups in total. The van der Waals surface area contributed by atoms with E-state index in [0.717, 1.165) is 11.0 Å². The van der Waals surface area contributed by atoms with E-state index in [1.54, 1.807) is 20.8 Å². The molecule has 1 aliphatic heterocycles. The maximum absolute atomic E-state index is 14.3. The van der Waals surface area contributed by atoms with E-state index in [1.807, 2.05) is 0 Å². The smallest absolute Gasteiger partial charge is 0.410 e. The van der Waals surface area contributed by atoms with Gasteiger partial charge in [0.1, 0.15) is 17.2 Å². The first-order valence-corrected chi connectivity index (χ1v) is 9.20. The number of hydrogen-bond donors (Lipinski definition) is 1. The summed E-state index contributed by atoms with van der Waals surface area (Å²) in [4.78, 5) is 36.1. The average molecular weight is 464 g/mol. The third-order valence-electron chi connectivity index (χ3n) is 3.99. The number of alkyl halides is 2. The van der Waals surface area contributed by atoms with Gasteiger partial charge in [-0.15, -0.1) is 0 Å². The van der Waals surface area contributed by atoms with Crippen LogP contribution in [0.2, 0.25) is 0 Å². The highest BCUT2D eigenvalue weighted by molar-refractivity contribution is 9.10. The van der Waals surface area contributed by atoms with Crippen molar-refractivity contribution in [2.45, 2.75) is 44.8 Å². The number of amides is 2. The summed E-state index contributed by atoms with van der Waals surface area (Å²) >= 11 is 3.06. The lowest BCUT2D eigenvalue weighted by Gasteiger charge is -2.39. The van der Waals surface area contributed by atoms with Crippen LogP contribution in [0.5, 0.6) is 0 Å². The van der Waals surface area contributed by atoms with Crippen molar-refractivity contribution in [3.63, 3.8) is 0 Å². The number of carbonyl (C=O) groups excluding carboxylic acids is 2. The lowest BCUT2D eigenvalue weighted by molar-refractivity contribution is -0.385. The number of ether oxygens (including phenoxy) is 1. The summed E-state index contributed by atoms with van der Waals surface area (Å²) in [5.74, 6) is -4.30. The van der Waals surface area contributed by atoms with Crippen LogP contribution in [-0.2, 0) is 4.74 Å². The summed E-state index contributed by atoms with van der Waals surface area (Å²) < 4.78 is 34.2. The normalized spacial score (nSPS) is 19.1. The Morgan fingerprint density at radius 3 is 2.61 bits per heavy atom. The lowest BCUT2D eigenvalue weighted by Crippen LogP contribution is -2.60. The van der Waals surface area contributed by atoms with Gasteiger partial charge < -0.3 is 15.0 Å². The molecule has 1 fully saturated rings. The molecule has 1 aromatic rings. The van der Waals surface area contributed by atoms with Crippen LogP contribution in [0, 0.1) is 10.1 Å². The summed E-state index contributed by atoms with van der Waals surface area (Å²) in [7, 11) is 0. The summed E-state index contributed by atoms with van der Waals surface area (Å²) in [6.07, 6.45) is -1.43. The van der Waals surface area contributed by atoms with Gasteiger partial charge in [0.15, 0.2) is 0 Å². The van der Waals surface area contributed by atoms with Gasteiger partial charge in [0.05, 0.1) is 11.5 Å². The van der Waals surface area contributed by atoms with Crippen LogP contribution in [0.1, 0.15) is 37.6 Å². The molecule has 1 aromatic carbocycles. The second kappa shape index (κ2) is 7.98.